The van der Waals surface area contributed by atoms with Crippen LogP contribution >= 0.6 is 11.6 Å². The molecule has 1 aliphatic rings. The smallest absolute Gasteiger partial charge is 0.341 e. The first-order chi connectivity index (χ1) is 12.0. The van der Waals surface area contributed by atoms with Gasteiger partial charge in [0, 0.05) is 22.6 Å². The number of carboxylic acid groups (broad SMARTS) is 1. The van der Waals surface area contributed by atoms with E-state index < -0.39 is 11.4 Å². The van der Waals surface area contributed by atoms with Gasteiger partial charge in [-0.2, -0.15) is 0 Å². The van der Waals surface area contributed by atoms with Gasteiger partial charge in [0.05, 0.1) is 5.52 Å². The lowest BCUT2D eigenvalue weighted by Crippen LogP contribution is -2.24. The monoisotopic (exact) mass is 353 g/mol. The van der Waals surface area contributed by atoms with E-state index in [1.165, 1.54) is 6.20 Å². The third-order valence-electron chi connectivity index (χ3n) is 4.97. The lowest BCUT2D eigenvalue weighted by atomic mass is 9.89. The zero-order chi connectivity index (χ0) is 17.7. The summed E-state index contributed by atoms with van der Waals surface area (Å²) in [7, 11) is 0. The number of hydrogen-bond acceptors (Lipinski definition) is 2. The van der Waals surface area contributed by atoms with Crippen LogP contribution in [0.4, 0.5) is 0 Å². The number of benzene rings is 2. The number of pyridine rings is 1. The van der Waals surface area contributed by atoms with E-state index in [0.29, 0.717) is 10.4 Å². The maximum atomic E-state index is 12.6. The molecule has 0 saturated carbocycles. The summed E-state index contributed by atoms with van der Waals surface area (Å²) in [5.74, 6) is -1.18. The van der Waals surface area contributed by atoms with E-state index in [0.717, 1.165) is 35.0 Å². The van der Waals surface area contributed by atoms with Crippen LogP contribution < -0.4 is 5.43 Å². The highest BCUT2D eigenvalue weighted by molar-refractivity contribution is 6.30. The molecule has 25 heavy (non-hydrogen) atoms. The second-order valence-electron chi connectivity index (χ2n) is 6.47. The van der Waals surface area contributed by atoms with E-state index in [4.69, 9.17) is 11.6 Å². The van der Waals surface area contributed by atoms with E-state index in [2.05, 4.69) is 0 Å². The second kappa shape index (κ2) is 5.74. The molecule has 1 N–H and O–H groups in total. The Hall–Kier alpha value is -2.59. The molecule has 0 fully saturated rings. The first-order valence-corrected chi connectivity index (χ1v) is 8.55. The van der Waals surface area contributed by atoms with Gasteiger partial charge < -0.3 is 9.67 Å². The molecule has 0 amide bonds. The van der Waals surface area contributed by atoms with Crippen molar-refractivity contribution >= 4 is 28.5 Å². The molecule has 0 saturated heterocycles. The maximum Gasteiger partial charge on any atom is 0.341 e. The third kappa shape index (κ3) is 2.45. The topological polar surface area (TPSA) is 59.3 Å². The number of rotatable bonds is 2. The van der Waals surface area contributed by atoms with Gasteiger partial charge in [0.1, 0.15) is 5.56 Å². The van der Waals surface area contributed by atoms with Crippen LogP contribution in [-0.2, 0) is 6.42 Å². The van der Waals surface area contributed by atoms with Gasteiger partial charge >= 0.3 is 5.97 Å². The fraction of sp³-hybridized carbons (Fsp3) is 0.200. The summed E-state index contributed by atoms with van der Waals surface area (Å²) < 4.78 is 1.94. The van der Waals surface area contributed by atoms with Gasteiger partial charge in [0.2, 0.25) is 5.43 Å². The van der Waals surface area contributed by atoms with Crippen LogP contribution in [0, 0.1) is 0 Å². The fourth-order valence-electron chi connectivity index (χ4n) is 3.67. The number of hydrogen-bond donors (Lipinski definition) is 1. The Labute approximate surface area is 149 Å². The van der Waals surface area contributed by atoms with Crippen molar-refractivity contribution in [2.75, 3.05) is 0 Å². The Morgan fingerprint density at radius 3 is 2.60 bits per heavy atom. The minimum absolute atomic E-state index is 0.147. The van der Waals surface area contributed by atoms with Gasteiger partial charge in [0.25, 0.3) is 0 Å². The molecule has 1 aliphatic heterocycles. The summed E-state index contributed by atoms with van der Waals surface area (Å²) in [6, 6.07) is 11.4. The second-order valence-corrected chi connectivity index (χ2v) is 6.90. The van der Waals surface area contributed by atoms with Crippen molar-refractivity contribution in [2.24, 2.45) is 0 Å². The van der Waals surface area contributed by atoms with Crippen LogP contribution in [0.3, 0.4) is 0 Å². The highest BCUT2D eigenvalue weighted by Crippen LogP contribution is 2.36. The van der Waals surface area contributed by atoms with Crippen LogP contribution in [0.15, 0.2) is 47.4 Å². The van der Waals surface area contributed by atoms with Crippen molar-refractivity contribution in [1.29, 1.82) is 0 Å². The third-order valence-corrected chi connectivity index (χ3v) is 5.22. The standard InChI is InChI=1S/C20H16ClNO3/c1-11-2-7-15-14(12-3-5-13(21)6-4-12)8-9-16-18(15)22(11)10-17(19(16)23)20(24)25/h3-6,8-11H,2,7H2,1H3,(H,24,25). The highest BCUT2D eigenvalue weighted by Gasteiger charge is 2.24. The zero-order valence-corrected chi connectivity index (χ0v) is 14.4. The Balaban J connectivity index is 2.09. The van der Waals surface area contributed by atoms with Crippen molar-refractivity contribution in [3.63, 3.8) is 0 Å². The number of aromatic carboxylic acids is 1. The largest absolute Gasteiger partial charge is 0.477 e. The molecule has 0 aliphatic carbocycles. The fourth-order valence-corrected chi connectivity index (χ4v) is 3.79. The van der Waals surface area contributed by atoms with Crippen LogP contribution in [-0.4, -0.2) is 15.6 Å². The first-order valence-electron chi connectivity index (χ1n) is 8.17. The van der Waals surface area contributed by atoms with Crippen LogP contribution in [0.25, 0.3) is 22.0 Å². The van der Waals surface area contributed by atoms with Gasteiger partial charge in [-0.1, -0.05) is 29.8 Å². The van der Waals surface area contributed by atoms with E-state index in [1.807, 2.05) is 41.8 Å². The summed E-state index contributed by atoms with van der Waals surface area (Å²) in [5.41, 5.74) is 3.45. The van der Waals surface area contributed by atoms with Crippen molar-refractivity contribution in [1.82, 2.24) is 4.57 Å². The number of aromatic nitrogens is 1. The average Bonchev–Trinajstić information content (AvgIpc) is 2.60. The molecule has 0 bridgehead atoms. The van der Waals surface area contributed by atoms with Gasteiger partial charge in [-0.25, -0.2) is 4.79 Å². The average molecular weight is 354 g/mol. The lowest BCUT2D eigenvalue weighted by Gasteiger charge is -2.28. The van der Waals surface area contributed by atoms with Crippen molar-refractivity contribution in [3.05, 3.63) is 69.0 Å². The number of nitrogens with zero attached hydrogens (tertiary/aromatic N) is 1. The Morgan fingerprint density at radius 2 is 1.92 bits per heavy atom. The Kier molecular flexibility index (Phi) is 3.65. The van der Waals surface area contributed by atoms with E-state index >= 15 is 0 Å². The molecule has 3 aromatic rings. The molecule has 2 heterocycles. The van der Waals surface area contributed by atoms with Crippen molar-refractivity contribution < 1.29 is 9.90 Å². The number of carbonyl (C=O) groups is 1. The molecule has 1 aromatic heterocycles. The molecule has 5 heteroatoms. The van der Waals surface area contributed by atoms with Gasteiger partial charge in [-0.15, -0.1) is 0 Å². The number of carboxylic acids is 1. The quantitative estimate of drug-likeness (QED) is 0.736. The van der Waals surface area contributed by atoms with Crippen molar-refractivity contribution in [2.45, 2.75) is 25.8 Å². The van der Waals surface area contributed by atoms with Crippen LogP contribution in [0.1, 0.15) is 35.3 Å². The minimum atomic E-state index is -1.18. The molecule has 2 aromatic carbocycles. The summed E-state index contributed by atoms with van der Waals surface area (Å²) >= 11 is 5.99. The lowest BCUT2D eigenvalue weighted by molar-refractivity contribution is 0.0694. The number of halogens is 1. The highest BCUT2D eigenvalue weighted by atomic mass is 35.5. The first kappa shape index (κ1) is 15.9. The maximum absolute atomic E-state index is 12.6. The molecule has 126 valence electrons. The normalized spacial score (nSPS) is 16.2. The molecule has 4 rings (SSSR count). The van der Waals surface area contributed by atoms with Crippen molar-refractivity contribution in [3.8, 4) is 11.1 Å². The van der Waals surface area contributed by atoms with Gasteiger partial charge in [0.15, 0.2) is 0 Å². The molecule has 4 nitrogen and oxygen atoms in total. The predicted molar refractivity (Wildman–Crippen MR) is 98.6 cm³/mol. The van der Waals surface area contributed by atoms with Crippen LogP contribution in [0.5, 0.6) is 0 Å². The molecular weight excluding hydrogens is 338 g/mol. The summed E-state index contributed by atoms with van der Waals surface area (Å²) in [5, 5.41) is 10.5. The summed E-state index contributed by atoms with van der Waals surface area (Å²) in [6.45, 7) is 2.05. The zero-order valence-electron chi connectivity index (χ0n) is 13.6. The molecule has 1 atom stereocenters. The summed E-state index contributed by atoms with van der Waals surface area (Å²) in [4.78, 5) is 24.0. The number of aryl methyl sites for hydroxylation is 1. The summed E-state index contributed by atoms with van der Waals surface area (Å²) in [6.07, 6.45) is 3.24. The molecule has 0 radical (unpaired) electrons. The molecule has 0 spiro atoms. The van der Waals surface area contributed by atoms with E-state index in [1.54, 1.807) is 6.07 Å². The van der Waals surface area contributed by atoms with Gasteiger partial charge in [-0.05, 0) is 54.7 Å². The Morgan fingerprint density at radius 1 is 1.20 bits per heavy atom. The van der Waals surface area contributed by atoms with E-state index in [-0.39, 0.29) is 11.6 Å². The molecule has 1 unspecified atom stereocenters. The predicted octanol–water partition coefficient (Wildman–Crippen LogP) is 4.53. The molecular formula is C20H16ClNO3. The van der Waals surface area contributed by atoms with E-state index in [9.17, 15) is 14.7 Å². The van der Waals surface area contributed by atoms with Gasteiger partial charge in [-0.3, -0.25) is 4.79 Å². The minimum Gasteiger partial charge on any atom is -0.477 e. The Bertz CT molecular complexity index is 1070. The SMILES string of the molecule is CC1CCc2c(-c3ccc(Cl)cc3)ccc3c(=O)c(C(=O)O)cn1c23. The van der Waals surface area contributed by atoms with Crippen LogP contribution in [0.2, 0.25) is 5.02 Å².